The van der Waals surface area contributed by atoms with E-state index in [-0.39, 0.29) is 37.2 Å². The molecule has 4 rings (SSSR count). The fraction of sp³-hybridized carbons (Fsp3) is 0.417. The Morgan fingerprint density at radius 1 is 0.621 bits per heavy atom. The molecule has 18 heteroatoms. The molecule has 0 aromatic heterocycles. The first-order valence-corrected chi connectivity index (χ1v) is 24.2. The molecule has 0 aliphatic rings. The number of ketones is 1. The zero-order valence-corrected chi connectivity index (χ0v) is 40.4. The molecule has 0 bridgehead atoms. The highest BCUT2D eigenvalue weighted by Gasteiger charge is 2.59. The van der Waals surface area contributed by atoms with E-state index in [1.54, 1.807) is 38.1 Å². The van der Waals surface area contributed by atoms with Crippen molar-refractivity contribution in [3.05, 3.63) is 148 Å². The number of esters is 1. The van der Waals surface area contributed by atoms with Crippen molar-refractivity contribution in [2.45, 2.75) is 116 Å². The summed E-state index contributed by atoms with van der Waals surface area (Å²) in [5.74, 6) is -1.76. The smallest absolute Gasteiger partial charge is 0.457 e. The van der Waals surface area contributed by atoms with E-state index < -0.39 is 77.9 Å². The van der Waals surface area contributed by atoms with E-state index in [9.17, 15) is 18.3 Å². The van der Waals surface area contributed by atoms with Crippen LogP contribution in [0.4, 0.5) is 22.0 Å². The van der Waals surface area contributed by atoms with E-state index in [4.69, 9.17) is 32.9 Å². The summed E-state index contributed by atoms with van der Waals surface area (Å²) in [4.78, 5) is 38.0. The molecule has 0 saturated heterocycles. The van der Waals surface area contributed by atoms with Crippen LogP contribution in [0.3, 0.4) is 0 Å². The number of benzene rings is 4. The summed E-state index contributed by atoms with van der Waals surface area (Å²) in [6.45, 7) is 14.6. The number of halogens is 5. The van der Waals surface area contributed by atoms with Crippen molar-refractivity contribution in [1.82, 2.24) is 0 Å². The van der Waals surface area contributed by atoms with Crippen molar-refractivity contribution in [2.75, 3.05) is 13.2 Å². The van der Waals surface area contributed by atoms with Crippen molar-refractivity contribution >= 4 is 33.0 Å². The summed E-state index contributed by atoms with van der Waals surface area (Å²) in [5.41, 5.74) is -12.4. The quantitative estimate of drug-likeness (QED) is 0.0186. The first-order chi connectivity index (χ1) is 30.6. The van der Waals surface area contributed by atoms with Crippen LogP contribution < -0.4 is 0 Å². The Morgan fingerprint density at radius 2 is 1.06 bits per heavy atom. The van der Waals surface area contributed by atoms with Crippen molar-refractivity contribution < 1.29 is 73.6 Å². The number of alkyl halides is 4. The Hall–Kier alpha value is -4.37. The fourth-order valence-corrected chi connectivity index (χ4v) is 9.19. The van der Waals surface area contributed by atoms with Crippen LogP contribution in [-0.2, 0) is 65.2 Å². The van der Waals surface area contributed by atoms with Gasteiger partial charge in [0.05, 0.1) is 41.5 Å². The van der Waals surface area contributed by atoms with E-state index in [0.717, 1.165) is 36.4 Å². The molecule has 360 valence electrons. The van der Waals surface area contributed by atoms with Gasteiger partial charge in [0.2, 0.25) is 0 Å². The minimum Gasteiger partial charge on any atom is -0.459 e. The average molecular weight is 967 g/mol. The second kappa shape index (κ2) is 21.7. The Kier molecular flexibility index (Phi) is 17.8. The Labute approximate surface area is 382 Å². The second-order valence-electron chi connectivity index (χ2n) is 17.5. The van der Waals surface area contributed by atoms with Gasteiger partial charge < -0.3 is 13.8 Å². The molecule has 0 aliphatic carbocycles. The number of allylic oxidation sites excluding steroid dienone is 1. The minimum atomic E-state index is -5.57. The van der Waals surface area contributed by atoms with Crippen LogP contribution in [0.1, 0.15) is 124 Å². The number of ether oxygens (including phenoxy) is 1. The molecule has 0 amide bonds. The summed E-state index contributed by atoms with van der Waals surface area (Å²) in [6.07, 6.45) is 2.44. The van der Waals surface area contributed by atoms with Crippen LogP contribution in [0, 0.1) is 5.82 Å². The molecule has 11 nitrogen and oxygen atoms in total. The van der Waals surface area contributed by atoms with Gasteiger partial charge in [0.15, 0.2) is 5.78 Å². The van der Waals surface area contributed by atoms with Crippen LogP contribution >= 0.6 is 15.2 Å². The van der Waals surface area contributed by atoms with Gasteiger partial charge in [-0.3, -0.25) is 9.36 Å². The van der Waals surface area contributed by atoms with Gasteiger partial charge in [0, 0.05) is 16.7 Å². The Balaban J connectivity index is 1.85. The van der Waals surface area contributed by atoms with Crippen molar-refractivity contribution in [3.8, 4) is 0 Å². The molecule has 1 atom stereocenters. The van der Waals surface area contributed by atoms with Crippen LogP contribution in [-0.4, -0.2) is 42.3 Å². The molecule has 0 radical (unpaired) electrons. The molecule has 0 aliphatic heterocycles. The lowest BCUT2D eigenvalue weighted by Crippen LogP contribution is -2.38. The molecule has 0 N–H and O–H groups in total. The molecular weight excluding hydrogens is 909 g/mol. The number of Topliss-reactive ketones (excluding diaryl/α,β-unsaturated/α-hetero) is 1. The van der Waals surface area contributed by atoms with E-state index in [2.05, 4.69) is 0 Å². The van der Waals surface area contributed by atoms with Gasteiger partial charge in [0.1, 0.15) is 5.82 Å². The number of hydrogen-bond donors (Lipinski definition) is 0. The largest absolute Gasteiger partial charge is 0.459 e. The van der Waals surface area contributed by atoms with Gasteiger partial charge in [0.25, 0.3) is 0 Å². The maximum Gasteiger partial charge on any atom is 0.457 e. The highest BCUT2D eigenvalue weighted by atomic mass is 31.2. The second-order valence-corrected chi connectivity index (χ2v) is 21.4. The summed E-state index contributed by atoms with van der Waals surface area (Å²) in [5, 5.41) is 0. The highest BCUT2D eigenvalue weighted by molar-refractivity contribution is 7.54. The predicted molar refractivity (Wildman–Crippen MR) is 240 cm³/mol. The van der Waals surface area contributed by atoms with Crippen LogP contribution in [0.2, 0.25) is 0 Å². The fourth-order valence-electron chi connectivity index (χ4n) is 6.33. The SMILES string of the molecule is CCOP(=O)(OCC)C(F)(F)c1ccc(C=CCC(Cc2ccc(C(F)(F)P(=O)(OOC(C)(C)C)OOC(C)(C)C)cc2)(C(=O)c2ccc(F)cc2)c2ccc(C(=O)OC(C)C)cc2)cc1. The zero-order valence-electron chi connectivity index (χ0n) is 38.6. The molecule has 4 aromatic carbocycles. The van der Waals surface area contributed by atoms with E-state index >= 15 is 22.4 Å². The third kappa shape index (κ3) is 13.4. The summed E-state index contributed by atoms with van der Waals surface area (Å²) in [7, 11) is -10.5. The molecule has 0 fully saturated rings. The van der Waals surface area contributed by atoms with Crippen LogP contribution in [0.15, 0.2) is 103 Å². The first-order valence-electron chi connectivity index (χ1n) is 21.1. The molecule has 1 unspecified atom stereocenters. The topological polar surface area (TPSA) is 133 Å². The van der Waals surface area contributed by atoms with Gasteiger partial charge in [-0.25, -0.2) is 23.5 Å². The van der Waals surface area contributed by atoms with Gasteiger partial charge in [-0.2, -0.15) is 17.6 Å². The third-order valence-electron chi connectivity index (χ3n) is 9.46. The first kappa shape index (κ1) is 54.2. The lowest BCUT2D eigenvalue weighted by atomic mass is 9.68. The lowest BCUT2D eigenvalue weighted by molar-refractivity contribution is -0.334. The molecule has 0 spiro atoms. The van der Waals surface area contributed by atoms with E-state index in [1.165, 1.54) is 104 Å². The standard InChI is InChI=1S/C48H57F5O11P2/c1-11-58-65(56,59-12-2)47(50,51)39-23-15-34(16-24-39)14-13-31-46(42(54)36-21-29-41(49)30-22-36,38-27-19-37(20-28-38)43(55)60-33(3)4)32-35-17-25-40(26-18-35)48(52,53)66(57,63-61-44(5,6)7)64-62-45(8,9)10/h13-30,33H,11-12,31-32H2,1-10H3. The Morgan fingerprint density at radius 3 is 1.52 bits per heavy atom. The maximum absolute atomic E-state index is 16.3. The van der Waals surface area contributed by atoms with Crippen molar-refractivity contribution in [3.63, 3.8) is 0 Å². The number of carbonyl (C=O) groups is 2. The number of rotatable bonds is 22. The minimum absolute atomic E-state index is 0.0868. The number of carbonyl (C=O) groups excluding carboxylic acids is 2. The monoisotopic (exact) mass is 966 g/mol. The third-order valence-corrected chi connectivity index (χ3v) is 13.1. The van der Waals surface area contributed by atoms with Crippen molar-refractivity contribution in [1.29, 1.82) is 0 Å². The van der Waals surface area contributed by atoms with E-state index in [1.807, 2.05) is 0 Å². The van der Waals surface area contributed by atoms with Gasteiger partial charge in [-0.05, 0) is 135 Å². The molecule has 4 aromatic rings. The molecule has 0 saturated carbocycles. The summed E-state index contributed by atoms with van der Waals surface area (Å²) in [6, 6.07) is 20.3. The van der Waals surface area contributed by atoms with Crippen molar-refractivity contribution in [2.24, 2.45) is 0 Å². The zero-order chi connectivity index (χ0) is 49.4. The Bertz CT molecular complexity index is 2340. The lowest BCUT2D eigenvalue weighted by Gasteiger charge is -2.33. The highest BCUT2D eigenvalue weighted by Crippen LogP contribution is 2.68. The van der Waals surface area contributed by atoms with E-state index in [0.29, 0.717) is 16.7 Å². The van der Waals surface area contributed by atoms with Crippen LogP contribution in [0.5, 0.6) is 0 Å². The average Bonchev–Trinajstić information content (AvgIpc) is 3.24. The summed E-state index contributed by atoms with van der Waals surface area (Å²) >= 11 is 0. The molecule has 66 heavy (non-hydrogen) atoms. The molecule has 0 heterocycles. The summed E-state index contributed by atoms with van der Waals surface area (Å²) < 4.78 is 130. The van der Waals surface area contributed by atoms with Gasteiger partial charge >= 0.3 is 32.5 Å². The number of hydrogen-bond acceptors (Lipinski definition) is 11. The van der Waals surface area contributed by atoms with Gasteiger partial charge in [-0.1, -0.05) is 72.8 Å². The van der Waals surface area contributed by atoms with Gasteiger partial charge in [-0.15, -0.1) is 9.35 Å². The molecular formula is C48H57F5O11P2. The predicted octanol–water partition coefficient (Wildman–Crippen LogP) is 13.9. The normalized spacial score (nSPS) is 14.1. The maximum atomic E-state index is 16.3. The van der Waals surface area contributed by atoms with Crippen LogP contribution in [0.25, 0.3) is 6.08 Å².